The van der Waals surface area contributed by atoms with Gasteiger partial charge in [0.05, 0.1) is 0 Å². The van der Waals surface area contributed by atoms with Gasteiger partial charge in [0, 0.05) is 0 Å². The minimum Gasteiger partial charge on any atom is -0.0620 e. The van der Waals surface area contributed by atoms with Gasteiger partial charge < -0.3 is 0 Å². The molecular weight excluding hydrogens is 156 g/mol. The molecule has 0 nitrogen and oxygen atoms in total. The molecule has 0 aliphatic heterocycles. The molecule has 2 aliphatic carbocycles. The van der Waals surface area contributed by atoms with E-state index >= 15 is 0 Å². The van der Waals surface area contributed by atoms with Gasteiger partial charge in [-0.15, -0.1) is 0 Å². The van der Waals surface area contributed by atoms with Crippen LogP contribution >= 0.6 is 0 Å². The smallest absolute Gasteiger partial charge is 0.0279 e. The molecule has 2 rings (SSSR count). The van der Waals surface area contributed by atoms with Crippen molar-refractivity contribution < 1.29 is 0 Å². The van der Waals surface area contributed by atoms with Crippen LogP contribution in [0.25, 0.3) is 0 Å². The Morgan fingerprint density at radius 1 is 0.692 bits per heavy atom. The van der Waals surface area contributed by atoms with E-state index in [9.17, 15) is 0 Å². The van der Waals surface area contributed by atoms with E-state index in [0.717, 1.165) is 0 Å². The van der Waals surface area contributed by atoms with Crippen molar-refractivity contribution in [1.82, 2.24) is 0 Å². The van der Waals surface area contributed by atoms with E-state index in [2.05, 4.69) is 36.5 Å². The Hall–Kier alpha value is -1.04. The average molecular weight is 172 g/mol. The molecule has 0 aromatic carbocycles. The summed E-state index contributed by atoms with van der Waals surface area (Å²) in [5.74, 6) is 0. The average Bonchev–Trinajstić information content (AvgIpc) is 2.17. The zero-order valence-corrected chi connectivity index (χ0v) is 8.00. The topological polar surface area (TPSA) is 0 Å². The lowest BCUT2D eigenvalue weighted by molar-refractivity contribution is 0.685. The number of fused-ring (bicyclic) bond motifs is 1. The SMILES string of the molecule is C1=C\C2=C/C=C(\C=C/1)CCCCC2. The highest BCUT2D eigenvalue weighted by Gasteiger charge is 2.00. The first-order valence-corrected chi connectivity index (χ1v) is 5.20. The van der Waals surface area contributed by atoms with Gasteiger partial charge in [-0.25, -0.2) is 0 Å². The summed E-state index contributed by atoms with van der Waals surface area (Å²) in [4.78, 5) is 0. The van der Waals surface area contributed by atoms with Gasteiger partial charge in [-0.1, -0.05) is 42.9 Å². The monoisotopic (exact) mass is 172 g/mol. The molecule has 2 bridgehead atoms. The quantitative estimate of drug-likeness (QED) is 0.519. The summed E-state index contributed by atoms with van der Waals surface area (Å²) in [6, 6.07) is 0. The first-order chi connectivity index (χ1) is 6.45. The van der Waals surface area contributed by atoms with Crippen LogP contribution in [0.2, 0.25) is 0 Å². The highest BCUT2D eigenvalue weighted by molar-refractivity contribution is 5.35. The van der Waals surface area contributed by atoms with Gasteiger partial charge in [0.1, 0.15) is 0 Å². The van der Waals surface area contributed by atoms with E-state index in [4.69, 9.17) is 0 Å². The lowest BCUT2D eigenvalue weighted by atomic mass is 10.1. The third kappa shape index (κ3) is 2.45. The number of hydrogen-bond donors (Lipinski definition) is 0. The third-order valence-corrected chi connectivity index (χ3v) is 2.67. The molecule has 0 heterocycles. The van der Waals surface area contributed by atoms with Gasteiger partial charge in [0.2, 0.25) is 0 Å². The van der Waals surface area contributed by atoms with Crippen molar-refractivity contribution in [3.63, 3.8) is 0 Å². The van der Waals surface area contributed by atoms with Crippen LogP contribution in [-0.4, -0.2) is 0 Å². The van der Waals surface area contributed by atoms with Crippen LogP contribution in [0, 0.1) is 0 Å². The number of rotatable bonds is 0. The molecule has 13 heavy (non-hydrogen) atoms. The Balaban J connectivity index is 2.25. The molecule has 2 aliphatic rings. The lowest BCUT2D eigenvalue weighted by Crippen LogP contribution is -1.79. The molecule has 68 valence electrons. The summed E-state index contributed by atoms with van der Waals surface area (Å²) >= 11 is 0. The fraction of sp³-hybridized carbons (Fsp3) is 0.385. The molecule has 0 radical (unpaired) electrons. The predicted octanol–water partition coefficient (Wildman–Crippen LogP) is 3.93. The molecule has 0 heteroatoms. The second kappa shape index (κ2) is 4.27. The van der Waals surface area contributed by atoms with Crippen molar-refractivity contribution >= 4 is 0 Å². The fourth-order valence-electron chi connectivity index (χ4n) is 1.85. The van der Waals surface area contributed by atoms with Gasteiger partial charge in [0.25, 0.3) is 0 Å². The predicted molar refractivity (Wildman–Crippen MR) is 57.5 cm³/mol. The van der Waals surface area contributed by atoms with E-state index in [-0.39, 0.29) is 0 Å². The van der Waals surface area contributed by atoms with Gasteiger partial charge in [-0.3, -0.25) is 0 Å². The molecule has 0 aromatic rings. The van der Waals surface area contributed by atoms with E-state index < -0.39 is 0 Å². The van der Waals surface area contributed by atoms with Crippen molar-refractivity contribution in [2.24, 2.45) is 0 Å². The van der Waals surface area contributed by atoms with E-state index in [0.29, 0.717) is 0 Å². The second-order valence-electron chi connectivity index (χ2n) is 3.76. The van der Waals surface area contributed by atoms with E-state index in [1.807, 2.05) is 0 Å². The van der Waals surface area contributed by atoms with Crippen LogP contribution < -0.4 is 0 Å². The molecule has 0 amide bonds. The zero-order chi connectivity index (χ0) is 8.93. The summed E-state index contributed by atoms with van der Waals surface area (Å²) in [7, 11) is 0. The molecular formula is C13H16. The van der Waals surface area contributed by atoms with Crippen molar-refractivity contribution in [3.05, 3.63) is 47.6 Å². The Labute approximate surface area is 80.3 Å². The summed E-state index contributed by atoms with van der Waals surface area (Å²) in [6.45, 7) is 0. The zero-order valence-electron chi connectivity index (χ0n) is 8.00. The minimum absolute atomic E-state index is 1.24. The van der Waals surface area contributed by atoms with Gasteiger partial charge in [0.15, 0.2) is 0 Å². The van der Waals surface area contributed by atoms with Crippen LogP contribution in [0.3, 0.4) is 0 Å². The molecule has 0 atom stereocenters. The van der Waals surface area contributed by atoms with Crippen molar-refractivity contribution in [1.29, 1.82) is 0 Å². The Bertz CT molecular complexity index is 257. The lowest BCUT2D eigenvalue weighted by Gasteiger charge is -1.99. The molecule has 0 unspecified atom stereocenters. The maximum atomic E-state index is 2.28. The number of allylic oxidation sites excluding steroid dienone is 8. The van der Waals surface area contributed by atoms with Crippen LogP contribution in [0.4, 0.5) is 0 Å². The molecule has 0 saturated heterocycles. The molecule has 0 saturated carbocycles. The molecule has 0 fully saturated rings. The maximum Gasteiger partial charge on any atom is -0.0279 e. The normalized spacial score (nSPS) is 35.1. The van der Waals surface area contributed by atoms with Crippen molar-refractivity contribution in [2.45, 2.75) is 32.1 Å². The van der Waals surface area contributed by atoms with E-state index in [1.54, 1.807) is 0 Å². The summed E-state index contributed by atoms with van der Waals surface area (Å²) in [6.07, 6.45) is 19.9. The van der Waals surface area contributed by atoms with Gasteiger partial charge in [-0.05, 0) is 36.8 Å². The largest absolute Gasteiger partial charge is 0.0620 e. The van der Waals surface area contributed by atoms with Crippen LogP contribution in [0.5, 0.6) is 0 Å². The first-order valence-electron chi connectivity index (χ1n) is 5.20. The van der Waals surface area contributed by atoms with Crippen LogP contribution in [0.15, 0.2) is 47.6 Å². The van der Waals surface area contributed by atoms with Gasteiger partial charge in [-0.2, -0.15) is 0 Å². The summed E-state index contributed by atoms with van der Waals surface area (Å²) < 4.78 is 0. The van der Waals surface area contributed by atoms with Crippen LogP contribution in [-0.2, 0) is 0 Å². The summed E-state index contributed by atoms with van der Waals surface area (Å²) in [5.41, 5.74) is 2.95. The Kier molecular flexibility index (Phi) is 2.81. The van der Waals surface area contributed by atoms with Crippen molar-refractivity contribution in [2.75, 3.05) is 0 Å². The van der Waals surface area contributed by atoms with E-state index in [1.165, 1.54) is 43.3 Å². The van der Waals surface area contributed by atoms with Crippen molar-refractivity contribution in [3.8, 4) is 0 Å². The Morgan fingerprint density at radius 3 is 1.77 bits per heavy atom. The molecule has 0 aromatic heterocycles. The number of hydrogen-bond acceptors (Lipinski definition) is 0. The molecule has 0 spiro atoms. The van der Waals surface area contributed by atoms with Crippen LogP contribution in [0.1, 0.15) is 32.1 Å². The Morgan fingerprint density at radius 2 is 1.23 bits per heavy atom. The maximum absolute atomic E-state index is 2.28. The summed E-state index contributed by atoms with van der Waals surface area (Å²) in [5, 5.41) is 0. The third-order valence-electron chi connectivity index (χ3n) is 2.67. The minimum atomic E-state index is 1.24. The van der Waals surface area contributed by atoms with Gasteiger partial charge >= 0.3 is 0 Å². The molecule has 0 N–H and O–H groups in total. The highest BCUT2D eigenvalue weighted by Crippen LogP contribution is 2.20. The standard InChI is InChI=1S/C13H16/c1-2-6-12-8-4-5-9-13(7-3-1)11-10-12/h4-5,8-11H,1-3,6-7H2/b5-4?,8-4-,9-5-,11-10?,12-8?,12-10-,13-9?,13-11-. The highest BCUT2D eigenvalue weighted by atomic mass is 14.1. The first kappa shape index (κ1) is 8.55. The fourth-order valence-corrected chi connectivity index (χ4v) is 1.85. The second-order valence-corrected chi connectivity index (χ2v) is 3.76.